The van der Waals surface area contributed by atoms with E-state index >= 15 is 0 Å². The molecule has 0 radical (unpaired) electrons. The summed E-state index contributed by atoms with van der Waals surface area (Å²) in [5.41, 5.74) is 0.634. The van der Waals surface area contributed by atoms with Gasteiger partial charge in [-0.2, -0.15) is 4.98 Å². The number of methoxy groups -OCH3 is 3. The third kappa shape index (κ3) is 5.73. The summed E-state index contributed by atoms with van der Waals surface area (Å²) in [5, 5.41) is 13.0. The number of hydrogen-bond donors (Lipinski definition) is 1. The molecule has 10 heteroatoms. The van der Waals surface area contributed by atoms with Gasteiger partial charge < -0.3 is 23.8 Å². The lowest BCUT2D eigenvalue weighted by Gasteiger charge is -2.16. The number of carboxylic acids is 1. The Morgan fingerprint density at radius 1 is 1.19 bits per heavy atom. The third-order valence-electron chi connectivity index (χ3n) is 3.65. The predicted octanol–water partition coefficient (Wildman–Crippen LogP) is 2.48. The molecule has 2 aromatic rings. The van der Waals surface area contributed by atoms with E-state index < -0.39 is 5.97 Å². The van der Waals surface area contributed by atoms with Crippen LogP contribution in [-0.2, 0) is 11.3 Å². The lowest BCUT2D eigenvalue weighted by molar-refractivity contribution is -0.138. The quantitative estimate of drug-likeness (QED) is 0.642. The molecule has 0 unspecified atom stereocenters. The summed E-state index contributed by atoms with van der Waals surface area (Å²) >= 11 is 0. The lowest BCUT2D eigenvalue weighted by Crippen LogP contribution is -2.30. The van der Waals surface area contributed by atoms with Gasteiger partial charge in [-0.15, -0.1) is 12.4 Å². The first kappa shape index (κ1) is 22.5. The van der Waals surface area contributed by atoms with E-state index in [9.17, 15) is 4.79 Å². The zero-order chi connectivity index (χ0) is 19.1. The van der Waals surface area contributed by atoms with Crippen molar-refractivity contribution >= 4 is 18.4 Å². The third-order valence-corrected chi connectivity index (χ3v) is 3.65. The molecule has 150 valence electrons. The molecule has 1 aromatic heterocycles. The summed E-state index contributed by atoms with van der Waals surface area (Å²) < 4.78 is 21.2. The number of ether oxygens (including phenoxy) is 3. The monoisotopic (exact) mass is 401 g/mol. The second-order valence-corrected chi connectivity index (χ2v) is 5.53. The Balaban J connectivity index is 0.00000364. The maximum absolute atomic E-state index is 11.0. The van der Waals surface area contributed by atoms with Crippen molar-refractivity contribution in [1.29, 1.82) is 0 Å². The summed E-state index contributed by atoms with van der Waals surface area (Å²) in [6, 6.07) is 3.44. The molecule has 27 heavy (non-hydrogen) atoms. The van der Waals surface area contributed by atoms with Gasteiger partial charge in [-0.05, 0) is 25.1 Å². The van der Waals surface area contributed by atoms with Crippen molar-refractivity contribution in [3.8, 4) is 28.6 Å². The van der Waals surface area contributed by atoms with E-state index in [1.165, 1.54) is 21.3 Å². The topological polar surface area (TPSA) is 107 Å². The summed E-state index contributed by atoms with van der Waals surface area (Å²) in [5.74, 6) is 1.22. The van der Waals surface area contributed by atoms with Gasteiger partial charge in [0.25, 0.3) is 0 Å². The van der Waals surface area contributed by atoms with Gasteiger partial charge >= 0.3 is 5.97 Å². The van der Waals surface area contributed by atoms with Crippen LogP contribution >= 0.6 is 12.4 Å². The molecule has 0 saturated carbocycles. The molecule has 0 aliphatic rings. The lowest BCUT2D eigenvalue weighted by atomic mass is 10.1. The number of benzene rings is 1. The Morgan fingerprint density at radius 3 is 2.30 bits per heavy atom. The molecule has 1 heterocycles. The number of halogens is 1. The fourth-order valence-electron chi connectivity index (χ4n) is 2.56. The molecule has 0 aliphatic heterocycles. The molecule has 0 bridgehead atoms. The Hall–Kier alpha value is -2.52. The number of aliphatic carboxylic acids is 1. The molecular weight excluding hydrogens is 378 g/mol. The zero-order valence-corrected chi connectivity index (χ0v) is 16.5. The number of rotatable bonds is 10. The molecule has 0 amide bonds. The van der Waals surface area contributed by atoms with Gasteiger partial charge in [0.2, 0.25) is 17.5 Å². The van der Waals surface area contributed by atoms with Gasteiger partial charge in [-0.25, -0.2) is 0 Å². The second kappa shape index (κ2) is 10.6. The van der Waals surface area contributed by atoms with E-state index in [0.29, 0.717) is 41.1 Å². The van der Waals surface area contributed by atoms with E-state index in [4.69, 9.17) is 23.8 Å². The molecule has 0 atom stereocenters. The number of nitrogens with zero attached hydrogens (tertiary/aromatic N) is 3. The molecule has 0 saturated heterocycles. The zero-order valence-electron chi connectivity index (χ0n) is 15.7. The van der Waals surface area contributed by atoms with Crippen molar-refractivity contribution in [2.45, 2.75) is 19.9 Å². The van der Waals surface area contributed by atoms with Crippen molar-refractivity contribution in [3.05, 3.63) is 18.0 Å². The highest BCUT2D eigenvalue weighted by Gasteiger charge is 2.19. The van der Waals surface area contributed by atoms with Gasteiger partial charge in [0.05, 0.1) is 34.4 Å². The van der Waals surface area contributed by atoms with E-state index in [2.05, 4.69) is 10.1 Å². The summed E-state index contributed by atoms with van der Waals surface area (Å²) in [4.78, 5) is 17.0. The molecule has 0 aliphatic carbocycles. The van der Waals surface area contributed by atoms with Gasteiger partial charge in [0, 0.05) is 5.56 Å². The maximum Gasteiger partial charge on any atom is 0.317 e. The van der Waals surface area contributed by atoms with Crippen LogP contribution in [0.2, 0.25) is 0 Å². The number of carboxylic acid groups (broad SMARTS) is 1. The summed E-state index contributed by atoms with van der Waals surface area (Å²) in [6.45, 7) is 2.77. The summed E-state index contributed by atoms with van der Waals surface area (Å²) in [7, 11) is 4.58. The average Bonchev–Trinajstić information content (AvgIpc) is 3.08. The minimum absolute atomic E-state index is 0. The highest BCUT2D eigenvalue weighted by atomic mass is 35.5. The smallest absolute Gasteiger partial charge is 0.317 e. The molecule has 1 aromatic carbocycles. The first-order chi connectivity index (χ1) is 12.5. The predicted molar refractivity (Wildman–Crippen MR) is 99.8 cm³/mol. The van der Waals surface area contributed by atoms with Crippen LogP contribution in [0.5, 0.6) is 17.2 Å². The molecular formula is C17H24ClN3O6. The minimum atomic E-state index is -0.900. The van der Waals surface area contributed by atoms with Gasteiger partial charge in [-0.1, -0.05) is 12.1 Å². The number of hydrogen-bond acceptors (Lipinski definition) is 8. The Bertz CT molecular complexity index is 727. The van der Waals surface area contributed by atoms with E-state index in [-0.39, 0.29) is 25.5 Å². The Labute approximate surface area is 163 Å². The van der Waals surface area contributed by atoms with Crippen molar-refractivity contribution < 1.29 is 28.6 Å². The van der Waals surface area contributed by atoms with Gasteiger partial charge in [-0.3, -0.25) is 9.69 Å². The van der Waals surface area contributed by atoms with E-state index in [0.717, 1.165) is 6.42 Å². The minimum Gasteiger partial charge on any atom is -0.493 e. The van der Waals surface area contributed by atoms with Crippen LogP contribution in [0.4, 0.5) is 0 Å². The van der Waals surface area contributed by atoms with Crippen LogP contribution in [0.3, 0.4) is 0 Å². The van der Waals surface area contributed by atoms with Gasteiger partial charge in [0.1, 0.15) is 0 Å². The van der Waals surface area contributed by atoms with Crippen LogP contribution in [0.1, 0.15) is 19.2 Å². The van der Waals surface area contributed by atoms with Crippen molar-refractivity contribution in [2.75, 3.05) is 34.4 Å². The van der Waals surface area contributed by atoms with E-state index in [1.807, 2.05) is 6.92 Å². The highest BCUT2D eigenvalue weighted by molar-refractivity contribution is 5.85. The van der Waals surface area contributed by atoms with E-state index in [1.54, 1.807) is 17.0 Å². The second-order valence-electron chi connectivity index (χ2n) is 5.53. The van der Waals surface area contributed by atoms with Crippen LogP contribution < -0.4 is 14.2 Å². The van der Waals surface area contributed by atoms with Crippen LogP contribution in [0.15, 0.2) is 16.7 Å². The molecule has 2 rings (SSSR count). The number of carbonyl (C=O) groups is 1. The van der Waals surface area contributed by atoms with Crippen molar-refractivity contribution in [1.82, 2.24) is 15.0 Å². The number of aromatic nitrogens is 2. The first-order valence-electron chi connectivity index (χ1n) is 8.09. The fourth-order valence-corrected chi connectivity index (χ4v) is 2.56. The molecule has 9 nitrogen and oxygen atoms in total. The van der Waals surface area contributed by atoms with Crippen LogP contribution in [0, 0.1) is 0 Å². The highest BCUT2D eigenvalue weighted by Crippen LogP contribution is 2.40. The van der Waals surface area contributed by atoms with Crippen molar-refractivity contribution in [2.24, 2.45) is 0 Å². The van der Waals surface area contributed by atoms with Crippen molar-refractivity contribution in [3.63, 3.8) is 0 Å². The van der Waals surface area contributed by atoms with Crippen LogP contribution in [0.25, 0.3) is 11.4 Å². The Morgan fingerprint density at radius 2 is 1.81 bits per heavy atom. The standard InChI is InChI=1S/C17H23N3O6.ClH/c1-5-6-20(10-15(21)22)9-14-18-17(19-26-14)11-7-12(23-2)16(25-4)13(8-11)24-3;/h7-8H,5-6,9-10H2,1-4H3,(H,21,22);1H. The van der Waals surface area contributed by atoms with Crippen LogP contribution in [-0.4, -0.2) is 60.5 Å². The SMILES string of the molecule is CCCN(CC(=O)O)Cc1nc(-c2cc(OC)c(OC)c(OC)c2)no1.Cl. The molecule has 0 fully saturated rings. The first-order valence-corrected chi connectivity index (χ1v) is 8.09. The maximum atomic E-state index is 11.0. The Kier molecular flexibility index (Phi) is 8.83. The molecule has 0 spiro atoms. The average molecular weight is 402 g/mol. The largest absolute Gasteiger partial charge is 0.493 e. The normalized spacial score (nSPS) is 10.4. The molecule has 1 N–H and O–H groups in total. The summed E-state index contributed by atoms with van der Waals surface area (Å²) in [6.07, 6.45) is 0.821. The fraction of sp³-hybridized carbons (Fsp3) is 0.471. The van der Waals surface area contributed by atoms with Gasteiger partial charge in [0.15, 0.2) is 11.5 Å².